The molecule has 0 aliphatic carbocycles. The minimum absolute atomic E-state index is 0.00482. The summed E-state index contributed by atoms with van der Waals surface area (Å²) < 4.78 is 140. The van der Waals surface area contributed by atoms with Crippen LogP contribution in [0.4, 0.5) is 0 Å². The minimum Gasteiger partial charge on any atom is -0.289 e. The van der Waals surface area contributed by atoms with Crippen molar-refractivity contribution in [2.45, 2.75) is 19.6 Å². The first-order valence-corrected chi connectivity index (χ1v) is 19.1. The number of nitrogens with one attached hydrogen (secondary N) is 2. The third-order valence-corrected chi connectivity index (χ3v) is 12.2. The van der Waals surface area contributed by atoms with Gasteiger partial charge in [0.15, 0.2) is 10.9 Å². The first-order valence-electron chi connectivity index (χ1n) is 13.3. The van der Waals surface area contributed by atoms with E-state index in [4.69, 9.17) is 0 Å². The molecular weight excluding hydrogens is 749 g/mol. The van der Waals surface area contributed by atoms with Gasteiger partial charge in [-0.05, 0) is 12.1 Å². The molecule has 0 spiro atoms. The standard InChI is InChI=1S/C28H12N2O16S4/c31-21-9-3-1-2-4-10(9)22(32)15-11(21)5-7-13-19(15)29-14-8-6-12-16(20(14)30-13)24(34)18-17(23(12)33)25(47(35,36)37)27(49(41,42)43)28(50(44,45)46)26(18)48(38,39)40/h1-8H,(H,35,36,37)(H,38,39,40)(H,41,42,43)(H,44,45,46)/p+2. The van der Waals surface area contributed by atoms with Crippen LogP contribution in [0.2, 0.25) is 0 Å². The monoisotopic (exact) mass is 762 g/mol. The van der Waals surface area contributed by atoms with Gasteiger partial charge in [-0.1, -0.05) is 24.3 Å². The molecule has 0 saturated heterocycles. The van der Waals surface area contributed by atoms with Crippen LogP contribution in [-0.2, 0) is 40.5 Å². The van der Waals surface area contributed by atoms with Crippen molar-refractivity contribution in [2.24, 2.45) is 0 Å². The summed E-state index contributed by atoms with van der Waals surface area (Å²) in [6.07, 6.45) is 0. The minimum atomic E-state index is -6.37. The molecule has 0 fully saturated rings. The Morgan fingerprint density at radius 1 is 0.380 bits per heavy atom. The average molecular weight is 763 g/mol. The van der Waals surface area contributed by atoms with Gasteiger partial charge >= 0.3 is 0 Å². The lowest BCUT2D eigenvalue weighted by Crippen LogP contribution is -2.27. The van der Waals surface area contributed by atoms with Gasteiger partial charge in [-0.25, -0.2) is 0 Å². The zero-order chi connectivity index (χ0) is 36.6. The lowest BCUT2D eigenvalue weighted by molar-refractivity contribution is -0.359. The molecule has 0 aliphatic heterocycles. The van der Waals surface area contributed by atoms with Crippen molar-refractivity contribution in [1.29, 1.82) is 0 Å². The van der Waals surface area contributed by atoms with E-state index in [1.54, 1.807) is 12.1 Å². The molecule has 7 rings (SSSR count). The Labute approximate surface area is 275 Å². The van der Waals surface area contributed by atoms with E-state index < -0.39 is 103 Å². The number of hydrogen-bond acceptors (Lipinski definition) is 12. The number of aromatic amines is 2. The molecule has 0 aliphatic rings. The van der Waals surface area contributed by atoms with E-state index in [0.29, 0.717) is 0 Å². The highest BCUT2D eigenvalue weighted by Crippen LogP contribution is 2.40. The summed E-state index contributed by atoms with van der Waals surface area (Å²) >= 11 is 0. The number of aromatic nitrogens is 2. The van der Waals surface area contributed by atoms with E-state index in [-0.39, 0.29) is 43.6 Å². The summed E-state index contributed by atoms with van der Waals surface area (Å²) in [6, 6.07) is 10.6. The third kappa shape index (κ3) is 4.58. The molecule has 0 saturated carbocycles. The van der Waals surface area contributed by atoms with Crippen LogP contribution in [0.5, 0.6) is 0 Å². The fourth-order valence-corrected chi connectivity index (χ4v) is 11.2. The van der Waals surface area contributed by atoms with Crippen molar-refractivity contribution in [3.05, 3.63) is 89.4 Å². The van der Waals surface area contributed by atoms with Crippen LogP contribution < -0.4 is 31.7 Å². The van der Waals surface area contributed by atoms with Gasteiger partial charge in [-0.3, -0.25) is 37.4 Å². The molecule has 0 radical (unpaired) electrons. The summed E-state index contributed by atoms with van der Waals surface area (Å²) in [6.45, 7) is 0. The first-order chi connectivity index (χ1) is 23.0. The van der Waals surface area contributed by atoms with Crippen molar-refractivity contribution >= 4 is 106 Å². The maximum atomic E-state index is 14.2. The molecule has 7 aromatic rings. The van der Waals surface area contributed by atoms with E-state index in [1.165, 1.54) is 24.3 Å². The highest BCUT2D eigenvalue weighted by molar-refractivity contribution is 7.91. The predicted octanol–water partition coefficient (Wildman–Crippen LogP) is -0.463. The molecular formula is C28H14N2O16S4+2. The van der Waals surface area contributed by atoms with Crippen LogP contribution in [-0.4, -0.2) is 51.9 Å². The number of hydrogen-bond donors (Lipinski definition) is 4. The molecule has 22 heteroatoms. The molecule has 50 heavy (non-hydrogen) atoms. The van der Waals surface area contributed by atoms with Gasteiger partial charge in [0.2, 0.25) is 10.9 Å². The normalized spacial score (nSPS) is 13.4. The number of fused-ring (bicyclic) bond motifs is 8. The van der Waals surface area contributed by atoms with Gasteiger partial charge in [0, 0.05) is 33.7 Å². The Kier molecular flexibility index (Phi) is 6.78. The van der Waals surface area contributed by atoms with Crippen molar-refractivity contribution in [1.82, 2.24) is 0 Å². The van der Waals surface area contributed by atoms with Crippen LogP contribution in [0.1, 0.15) is 0 Å². The maximum Gasteiger partial charge on any atom is 0.297 e. The number of H-pyrrole nitrogens is 2. The van der Waals surface area contributed by atoms with Crippen LogP contribution in [0.3, 0.4) is 0 Å². The Bertz CT molecular complexity index is 3500. The van der Waals surface area contributed by atoms with Gasteiger partial charge in [0.1, 0.15) is 30.4 Å². The highest BCUT2D eigenvalue weighted by atomic mass is 32.2. The van der Waals surface area contributed by atoms with Gasteiger partial charge in [0.05, 0.1) is 10.8 Å². The molecule has 1 heterocycles. The molecule has 1 aromatic heterocycles. The second-order valence-corrected chi connectivity index (χ2v) is 16.3. The van der Waals surface area contributed by atoms with Crippen molar-refractivity contribution in [3.8, 4) is 0 Å². The van der Waals surface area contributed by atoms with Crippen molar-refractivity contribution in [3.63, 3.8) is 0 Å². The van der Waals surface area contributed by atoms with Crippen LogP contribution in [0.15, 0.2) is 87.3 Å². The summed E-state index contributed by atoms with van der Waals surface area (Å²) in [5.41, 5.74) is -5.01. The first kappa shape index (κ1) is 33.3. The van der Waals surface area contributed by atoms with E-state index in [0.717, 1.165) is 12.1 Å². The number of rotatable bonds is 4. The molecule has 0 amide bonds. The predicted molar refractivity (Wildman–Crippen MR) is 171 cm³/mol. The third-order valence-electron chi connectivity index (χ3n) is 8.10. The van der Waals surface area contributed by atoms with Crippen LogP contribution in [0.25, 0.3) is 65.2 Å². The fraction of sp³-hybridized carbons (Fsp3) is 0. The smallest absolute Gasteiger partial charge is 0.289 e. The zero-order valence-electron chi connectivity index (χ0n) is 23.9. The molecule has 254 valence electrons. The lowest BCUT2D eigenvalue weighted by Gasteiger charge is -2.16. The van der Waals surface area contributed by atoms with Gasteiger partial charge < -0.3 is 0 Å². The maximum absolute atomic E-state index is 14.2. The molecule has 0 bridgehead atoms. The Balaban J connectivity index is 1.81. The van der Waals surface area contributed by atoms with E-state index in [1.807, 2.05) is 0 Å². The molecule has 6 N–H and O–H groups in total. The molecule has 0 atom stereocenters. The summed E-state index contributed by atoms with van der Waals surface area (Å²) in [5.74, 6) is 0. The van der Waals surface area contributed by atoms with Crippen LogP contribution in [0, 0.1) is 0 Å². The highest BCUT2D eigenvalue weighted by Gasteiger charge is 2.43. The van der Waals surface area contributed by atoms with E-state index in [2.05, 4.69) is 9.97 Å². The molecule has 0 unspecified atom stereocenters. The molecule has 18 nitrogen and oxygen atoms in total. The van der Waals surface area contributed by atoms with Gasteiger partial charge in [-0.15, -0.1) is 0 Å². The second kappa shape index (κ2) is 10.2. The van der Waals surface area contributed by atoms with Crippen LogP contribution >= 0.6 is 0 Å². The Morgan fingerprint density at radius 2 is 0.720 bits per heavy atom. The van der Waals surface area contributed by atoms with E-state index >= 15 is 0 Å². The summed E-state index contributed by atoms with van der Waals surface area (Å²) in [7, 11) is -25.2. The van der Waals surface area contributed by atoms with Gasteiger partial charge in [0.25, 0.3) is 62.5 Å². The summed E-state index contributed by atoms with van der Waals surface area (Å²) in [5, 5.41) is -5.05. The van der Waals surface area contributed by atoms with E-state index in [9.17, 15) is 71.1 Å². The lowest BCUT2D eigenvalue weighted by atomic mass is 9.99. The average Bonchev–Trinajstić information content (AvgIpc) is 3.01. The van der Waals surface area contributed by atoms with Gasteiger partial charge in [-0.2, -0.15) is 43.6 Å². The van der Waals surface area contributed by atoms with Crippen molar-refractivity contribution < 1.29 is 61.9 Å². The summed E-state index contributed by atoms with van der Waals surface area (Å²) in [4.78, 5) is 50.9. The number of benzene rings is 6. The van der Waals surface area contributed by atoms with Crippen molar-refractivity contribution in [2.75, 3.05) is 0 Å². The fourth-order valence-electron chi connectivity index (χ4n) is 6.27. The molecule has 6 aromatic carbocycles. The second-order valence-electron chi connectivity index (χ2n) is 10.9. The zero-order valence-corrected chi connectivity index (χ0v) is 27.2. The topological polar surface area (TPSA) is 314 Å². The Hall–Kier alpha value is -5.20. The largest absolute Gasteiger partial charge is 0.297 e. The quantitative estimate of drug-likeness (QED) is 0.100. The Morgan fingerprint density at radius 3 is 1.14 bits per heavy atom. The SMILES string of the molecule is O=c1c2ccccc2c(=O)c2c1ccc1[nH+]c3c(ccc4c(=O)c5c(S(=O)(=O)O)c(S(=O)(=O)O)c(S(=O)(=O)O)c(S(=O)(=O)O)c5c(=O)c43)[nH+]c12.